The number of carbonyl (C=O) groups excluding carboxylic acids is 1. The minimum Gasteiger partial charge on any atom is -0.433 e. The number of aliphatic hydroxyl groups is 1. The maximum Gasteiger partial charge on any atom is 0.387 e. The summed E-state index contributed by atoms with van der Waals surface area (Å²) < 4.78 is 29.6. The number of alkyl halides is 2. The Hall–Kier alpha value is -1.69. The highest BCUT2D eigenvalue weighted by Gasteiger charge is 2.60. The molecule has 4 aliphatic carbocycles. The van der Waals surface area contributed by atoms with Crippen molar-refractivity contribution in [1.29, 1.82) is 0 Å². The van der Waals surface area contributed by atoms with Gasteiger partial charge < -0.3 is 15.2 Å². The lowest BCUT2D eigenvalue weighted by molar-refractivity contribution is -0.174. The number of halogens is 2. The standard InChI is InChI=1S/C18H21F2NO3/c19-16(20)24-14-4-2-1-3-13(14)21-15(22)17-6-11-5-12(7-17)9-18(23,8-11)10-17/h1-4,11-12,16,23H,5-10H2,(H,21,22)/t11-,12-,17?,18?/m1/s1. The van der Waals surface area contributed by atoms with Crippen LogP contribution in [-0.4, -0.2) is 23.2 Å². The number of amides is 1. The van der Waals surface area contributed by atoms with Gasteiger partial charge in [-0.3, -0.25) is 4.79 Å². The van der Waals surface area contributed by atoms with Crippen LogP contribution in [0.3, 0.4) is 0 Å². The van der Waals surface area contributed by atoms with Crippen molar-refractivity contribution >= 4 is 11.6 Å². The van der Waals surface area contributed by atoms with E-state index in [-0.39, 0.29) is 17.3 Å². The van der Waals surface area contributed by atoms with Gasteiger partial charge in [-0.05, 0) is 62.5 Å². The summed E-state index contributed by atoms with van der Waals surface area (Å²) in [5.41, 5.74) is -1.07. The minimum absolute atomic E-state index is 0.0377. The SMILES string of the molecule is O=C(Nc1ccccc1OC(F)F)C12C[C@H]3C[C@@H](CC(O)(C3)C1)C2. The topological polar surface area (TPSA) is 58.6 Å². The summed E-state index contributed by atoms with van der Waals surface area (Å²) in [6.07, 6.45) is 4.66. The minimum atomic E-state index is -2.94. The number of benzene rings is 1. The second-order valence-corrected chi connectivity index (χ2v) is 7.79. The first kappa shape index (κ1) is 15.8. The molecule has 4 fully saturated rings. The molecule has 2 atom stereocenters. The Bertz CT molecular complexity index is 649. The highest BCUT2D eigenvalue weighted by Crippen LogP contribution is 2.61. The van der Waals surface area contributed by atoms with Crippen molar-refractivity contribution in [3.05, 3.63) is 24.3 Å². The van der Waals surface area contributed by atoms with Crippen molar-refractivity contribution in [1.82, 2.24) is 0 Å². The van der Waals surface area contributed by atoms with Gasteiger partial charge in [0.15, 0.2) is 0 Å². The van der Waals surface area contributed by atoms with Crippen molar-refractivity contribution in [2.75, 3.05) is 5.32 Å². The zero-order valence-electron chi connectivity index (χ0n) is 13.3. The molecule has 130 valence electrons. The van der Waals surface area contributed by atoms with Crippen LogP contribution in [-0.2, 0) is 4.79 Å². The van der Waals surface area contributed by atoms with E-state index in [4.69, 9.17) is 0 Å². The van der Waals surface area contributed by atoms with Gasteiger partial charge in [-0.25, -0.2) is 0 Å². The monoisotopic (exact) mass is 337 g/mol. The predicted octanol–water partition coefficient (Wildman–Crippen LogP) is 3.56. The molecule has 24 heavy (non-hydrogen) atoms. The van der Waals surface area contributed by atoms with Crippen LogP contribution in [0, 0.1) is 17.3 Å². The molecule has 0 heterocycles. The average molecular weight is 337 g/mol. The molecule has 1 aromatic carbocycles. The van der Waals surface area contributed by atoms with Gasteiger partial charge >= 0.3 is 6.61 Å². The van der Waals surface area contributed by atoms with Gasteiger partial charge in [-0.1, -0.05) is 12.1 Å². The molecule has 0 radical (unpaired) electrons. The van der Waals surface area contributed by atoms with Crippen LogP contribution in [0.15, 0.2) is 24.3 Å². The number of nitrogens with one attached hydrogen (secondary N) is 1. The highest BCUT2D eigenvalue weighted by atomic mass is 19.3. The Morgan fingerprint density at radius 2 is 1.88 bits per heavy atom. The van der Waals surface area contributed by atoms with Crippen LogP contribution in [0.2, 0.25) is 0 Å². The molecule has 4 saturated carbocycles. The number of hydrogen-bond donors (Lipinski definition) is 2. The Kier molecular flexibility index (Phi) is 3.56. The smallest absolute Gasteiger partial charge is 0.387 e. The van der Waals surface area contributed by atoms with E-state index in [1.54, 1.807) is 18.2 Å². The van der Waals surface area contributed by atoms with E-state index in [2.05, 4.69) is 10.1 Å². The average Bonchev–Trinajstić information content (AvgIpc) is 2.46. The molecule has 4 aliphatic rings. The third-order valence-corrected chi connectivity index (χ3v) is 5.86. The van der Waals surface area contributed by atoms with Gasteiger partial charge in [0.25, 0.3) is 0 Å². The van der Waals surface area contributed by atoms with E-state index in [1.165, 1.54) is 6.07 Å². The second kappa shape index (κ2) is 5.41. The molecule has 0 spiro atoms. The van der Waals surface area contributed by atoms with Gasteiger partial charge in [-0.2, -0.15) is 8.78 Å². The summed E-state index contributed by atoms with van der Waals surface area (Å²) in [5, 5.41) is 13.5. The number of carbonyl (C=O) groups is 1. The van der Waals surface area contributed by atoms with Crippen molar-refractivity contribution in [2.24, 2.45) is 17.3 Å². The molecule has 6 heteroatoms. The van der Waals surface area contributed by atoms with Gasteiger partial charge in [-0.15, -0.1) is 0 Å². The van der Waals surface area contributed by atoms with E-state index < -0.39 is 17.6 Å². The van der Waals surface area contributed by atoms with Gasteiger partial charge in [0.1, 0.15) is 5.75 Å². The first-order valence-corrected chi connectivity index (χ1v) is 8.45. The van der Waals surface area contributed by atoms with Crippen LogP contribution in [0.1, 0.15) is 38.5 Å². The largest absolute Gasteiger partial charge is 0.433 e. The first-order valence-electron chi connectivity index (χ1n) is 8.45. The molecule has 0 unspecified atom stereocenters. The van der Waals surface area contributed by atoms with Crippen molar-refractivity contribution in [3.8, 4) is 5.75 Å². The number of hydrogen-bond acceptors (Lipinski definition) is 3. The summed E-state index contributed by atoms with van der Waals surface area (Å²) in [6, 6.07) is 6.22. The summed E-state index contributed by atoms with van der Waals surface area (Å²) in [5.74, 6) is 0.550. The van der Waals surface area contributed by atoms with Crippen LogP contribution >= 0.6 is 0 Å². The van der Waals surface area contributed by atoms with E-state index >= 15 is 0 Å². The number of ether oxygens (including phenoxy) is 1. The fourth-order valence-corrected chi connectivity index (χ4v) is 5.50. The molecule has 0 aromatic heterocycles. The molecule has 2 N–H and O–H groups in total. The normalized spacial score (nSPS) is 36.8. The fraction of sp³-hybridized carbons (Fsp3) is 0.611. The molecule has 4 nitrogen and oxygen atoms in total. The maximum absolute atomic E-state index is 13.0. The zero-order chi connectivity index (χ0) is 16.9. The molecular formula is C18H21F2NO3. The Morgan fingerprint density at radius 3 is 2.50 bits per heavy atom. The number of rotatable bonds is 4. The third-order valence-electron chi connectivity index (χ3n) is 5.86. The summed E-state index contributed by atoms with van der Waals surface area (Å²) in [4.78, 5) is 13.0. The van der Waals surface area contributed by atoms with Gasteiger partial charge in [0.05, 0.1) is 16.7 Å². The Morgan fingerprint density at radius 1 is 1.21 bits per heavy atom. The maximum atomic E-state index is 13.0. The molecule has 1 aromatic rings. The summed E-state index contributed by atoms with van der Waals surface area (Å²) >= 11 is 0. The van der Waals surface area contributed by atoms with Crippen LogP contribution in [0.5, 0.6) is 5.75 Å². The van der Waals surface area contributed by atoms with Gasteiger partial charge in [0, 0.05) is 0 Å². The lowest BCUT2D eigenvalue weighted by Gasteiger charge is -2.59. The van der Waals surface area contributed by atoms with E-state index in [1.807, 2.05) is 0 Å². The Balaban J connectivity index is 1.57. The molecule has 1 amide bonds. The lowest BCUT2D eigenvalue weighted by atomic mass is 9.47. The van der Waals surface area contributed by atoms with E-state index in [9.17, 15) is 18.7 Å². The lowest BCUT2D eigenvalue weighted by Crippen LogP contribution is -2.59. The quantitative estimate of drug-likeness (QED) is 0.883. The van der Waals surface area contributed by atoms with E-state index in [0.29, 0.717) is 18.3 Å². The third kappa shape index (κ3) is 2.66. The van der Waals surface area contributed by atoms with Crippen LogP contribution in [0.25, 0.3) is 0 Å². The fourth-order valence-electron chi connectivity index (χ4n) is 5.50. The second-order valence-electron chi connectivity index (χ2n) is 7.79. The molecule has 0 aliphatic heterocycles. The molecule has 5 rings (SSSR count). The first-order chi connectivity index (χ1) is 11.4. The van der Waals surface area contributed by atoms with Crippen molar-refractivity contribution in [3.63, 3.8) is 0 Å². The molecule has 4 bridgehead atoms. The van der Waals surface area contributed by atoms with Gasteiger partial charge in [0.2, 0.25) is 5.91 Å². The molecular weight excluding hydrogens is 316 g/mol. The van der Waals surface area contributed by atoms with Crippen molar-refractivity contribution < 1.29 is 23.4 Å². The summed E-state index contributed by atoms with van der Waals surface area (Å²) in [6.45, 7) is -2.94. The highest BCUT2D eigenvalue weighted by molar-refractivity contribution is 5.97. The Labute approximate surface area is 139 Å². The number of para-hydroxylation sites is 2. The van der Waals surface area contributed by atoms with Crippen molar-refractivity contribution in [2.45, 2.75) is 50.7 Å². The zero-order valence-corrected chi connectivity index (χ0v) is 13.3. The summed E-state index contributed by atoms with van der Waals surface area (Å²) in [7, 11) is 0. The number of anilines is 1. The molecule has 0 saturated heterocycles. The predicted molar refractivity (Wildman–Crippen MR) is 83.8 cm³/mol. The van der Waals surface area contributed by atoms with E-state index in [0.717, 1.165) is 32.1 Å². The van der Waals surface area contributed by atoms with Crippen LogP contribution < -0.4 is 10.1 Å². The van der Waals surface area contributed by atoms with Crippen LogP contribution in [0.4, 0.5) is 14.5 Å².